The van der Waals surface area contributed by atoms with E-state index in [9.17, 15) is 4.39 Å². The number of rotatable bonds is 4. The van der Waals surface area contributed by atoms with Crippen LogP contribution in [0.25, 0.3) is 0 Å². The van der Waals surface area contributed by atoms with Crippen LogP contribution in [0.4, 0.5) is 4.39 Å². The van der Waals surface area contributed by atoms with Crippen molar-refractivity contribution in [2.45, 2.75) is 18.6 Å². The summed E-state index contributed by atoms with van der Waals surface area (Å²) in [6.45, 7) is 2.45. The van der Waals surface area contributed by atoms with Gasteiger partial charge in [-0.3, -0.25) is 11.3 Å². The van der Waals surface area contributed by atoms with Gasteiger partial charge in [-0.15, -0.1) is 0 Å². The van der Waals surface area contributed by atoms with E-state index in [4.69, 9.17) is 22.2 Å². The number of hydrogen-bond acceptors (Lipinski definition) is 4. The van der Waals surface area contributed by atoms with Crippen LogP contribution < -0.4 is 11.3 Å². The summed E-state index contributed by atoms with van der Waals surface area (Å²) >= 11 is 5.78. The van der Waals surface area contributed by atoms with E-state index in [-0.39, 0.29) is 17.2 Å². The molecule has 0 aliphatic carbocycles. The number of nitrogens with zero attached hydrogens (tertiary/aromatic N) is 1. The minimum Gasteiger partial charge on any atom is -0.374 e. The number of morpholine rings is 1. The summed E-state index contributed by atoms with van der Waals surface area (Å²) in [4.78, 5) is 2.20. The van der Waals surface area contributed by atoms with E-state index in [1.807, 2.05) is 0 Å². The number of nitrogens with two attached hydrogens (primary N) is 1. The second kappa shape index (κ2) is 6.63. The normalized spacial score (nSPS) is 22.4. The van der Waals surface area contributed by atoms with Crippen LogP contribution >= 0.6 is 11.6 Å². The lowest BCUT2D eigenvalue weighted by atomic mass is 10.0. The standard InChI is InChI=1S/C13H19ClFN3O/c1-18-4-5-19-13(8-18)12(17-16)7-9-2-3-11(15)10(14)6-9/h2-3,6,12-13,17H,4-5,7-8,16H2,1H3. The second-order valence-corrected chi connectivity index (χ2v) is 5.30. The Balaban J connectivity index is 2.03. The van der Waals surface area contributed by atoms with Gasteiger partial charge in [0.15, 0.2) is 0 Å². The molecule has 1 saturated heterocycles. The van der Waals surface area contributed by atoms with Gasteiger partial charge in [0, 0.05) is 13.1 Å². The molecule has 0 spiro atoms. The molecule has 0 aromatic heterocycles. The van der Waals surface area contributed by atoms with Crippen LogP contribution in [0, 0.1) is 5.82 Å². The van der Waals surface area contributed by atoms with Crippen molar-refractivity contribution in [3.05, 3.63) is 34.6 Å². The summed E-state index contributed by atoms with van der Waals surface area (Å²) in [6.07, 6.45) is 0.669. The number of ether oxygens (including phenoxy) is 1. The number of hydrazine groups is 1. The third-order valence-corrected chi connectivity index (χ3v) is 3.69. The lowest BCUT2D eigenvalue weighted by Gasteiger charge is -2.35. The number of likely N-dealkylation sites (N-methyl/N-ethyl adjacent to an activating group) is 1. The lowest BCUT2D eigenvalue weighted by molar-refractivity contribution is -0.0384. The Morgan fingerprint density at radius 3 is 3.05 bits per heavy atom. The van der Waals surface area contributed by atoms with Crippen molar-refractivity contribution in [3.63, 3.8) is 0 Å². The molecule has 1 aliphatic heterocycles. The topological polar surface area (TPSA) is 50.5 Å². The average molecular weight is 288 g/mol. The minimum atomic E-state index is -0.406. The maximum atomic E-state index is 13.1. The van der Waals surface area contributed by atoms with Gasteiger partial charge in [0.05, 0.1) is 23.8 Å². The molecule has 1 fully saturated rings. The third kappa shape index (κ3) is 3.87. The highest BCUT2D eigenvalue weighted by Crippen LogP contribution is 2.18. The molecule has 6 heteroatoms. The third-order valence-electron chi connectivity index (χ3n) is 3.40. The SMILES string of the molecule is CN1CCOC(C(Cc2ccc(F)c(Cl)c2)NN)C1. The van der Waals surface area contributed by atoms with E-state index >= 15 is 0 Å². The van der Waals surface area contributed by atoms with Crippen molar-refractivity contribution >= 4 is 11.6 Å². The average Bonchev–Trinajstić information content (AvgIpc) is 2.40. The zero-order valence-corrected chi connectivity index (χ0v) is 11.7. The number of benzene rings is 1. The lowest BCUT2D eigenvalue weighted by Crippen LogP contribution is -2.54. The van der Waals surface area contributed by atoms with Crippen molar-refractivity contribution in [2.75, 3.05) is 26.7 Å². The van der Waals surface area contributed by atoms with Gasteiger partial charge < -0.3 is 9.64 Å². The second-order valence-electron chi connectivity index (χ2n) is 4.90. The summed E-state index contributed by atoms with van der Waals surface area (Å²) < 4.78 is 18.9. The molecule has 0 amide bonds. The quantitative estimate of drug-likeness (QED) is 0.645. The summed E-state index contributed by atoms with van der Waals surface area (Å²) in [5.74, 6) is 5.20. The zero-order chi connectivity index (χ0) is 13.8. The molecule has 19 heavy (non-hydrogen) atoms. The van der Waals surface area contributed by atoms with Crippen molar-refractivity contribution in [1.82, 2.24) is 10.3 Å². The first-order chi connectivity index (χ1) is 9.10. The Kier molecular flexibility index (Phi) is 5.13. The zero-order valence-electron chi connectivity index (χ0n) is 10.9. The molecule has 0 saturated carbocycles. The van der Waals surface area contributed by atoms with Gasteiger partial charge >= 0.3 is 0 Å². The van der Waals surface area contributed by atoms with Crippen LogP contribution in [0.1, 0.15) is 5.56 Å². The Morgan fingerprint density at radius 2 is 2.42 bits per heavy atom. The number of nitrogens with one attached hydrogen (secondary N) is 1. The first kappa shape index (κ1) is 14.7. The summed E-state index contributed by atoms with van der Waals surface area (Å²) in [5, 5.41) is 0.134. The predicted octanol–water partition coefficient (Wildman–Crippen LogP) is 1.18. The van der Waals surface area contributed by atoms with E-state index in [0.717, 1.165) is 18.7 Å². The molecular weight excluding hydrogens is 269 g/mol. The predicted molar refractivity (Wildman–Crippen MR) is 73.5 cm³/mol. The Bertz CT molecular complexity index is 432. The van der Waals surface area contributed by atoms with Crippen LogP contribution in [-0.2, 0) is 11.2 Å². The highest BCUT2D eigenvalue weighted by atomic mass is 35.5. The summed E-state index contributed by atoms with van der Waals surface area (Å²) in [6, 6.07) is 4.70. The largest absolute Gasteiger partial charge is 0.374 e. The van der Waals surface area contributed by atoms with E-state index in [1.54, 1.807) is 12.1 Å². The van der Waals surface area contributed by atoms with Gasteiger partial charge in [0.2, 0.25) is 0 Å². The summed E-state index contributed by atoms with van der Waals surface area (Å²) in [7, 11) is 2.05. The highest BCUT2D eigenvalue weighted by molar-refractivity contribution is 6.30. The molecule has 0 radical (unpaired) electrons. The molecule has 4 nitrogen and oxygen atoms in total. The van der Waals surface area contributed by atoms with Crippen molar-refractivity contribution < 1.29 is 9.13 Å². The highest BCUT2D eigenvalue weighted by Gasteiger charge is 2.26. The van der Waals surface area contributed by atoms with Crippen LogP contribution in [-0.4, -0.2) is 43.8 Å². The van der Waals surface area contributed by atoms with Crippen LogP contribution in [0.3, 0.4) is 0 Å². The fraction of sp³-hybridized carbons (Fsp3) is 0.538. The molecule has 0 bridgehead atoms. The summed E-state index contributed by atoms with van der Waals surface area (Å²) in [5.41, 5.74) is 3.72. The van der Waals surface area contributed by atoms with Gasteiger partial charge in [-0.05, 0) is 31.2 Å². The smallest absolute Gasteiger partial charge is 0.141 e. The van der Waals surface area contributed by atoms with Gasteiger partial charge in [-0.2, -0.15) is 0 Å². The number of hydrogen-bond donors (Lipinski definition) is 2. The van der Waals surface area contributed by atoms with Crippen LogP contribution in [0.2, 0.25) is 5.02 Å². The first-order valence-electron chi connectivity index (χ1n) is 6.30. The van der Waals surface area contributed by atoms with E-state index < -0.39 is 5.82 Å². The van der Waals surface area contributed by atoms with Gasteiger partial charge in [-0.25, -0.2) is 4.39 Å². The monoisotopic (exact) mass is 287 g/mol. The molecule has 2 unspecified atom stereocenters. The Labute approximate surface area is 117 Å². The van der Waals surface area contributed by atoms with Gasteiger partial charge in [0.1, 0.15) is 5.82 Å². The minimum absolute atomic E-state index is 0.0209. The van der Waals surface area contributed by atoms with E-state index in [0.29, 0.717) is 13.0 Å². The number of halogens is 2. The molecule has 106 valence electrons. The molecule has 3 N–H and O–H groups in total. The fourth-order valence-corrected chi connectivity index (χ4v) is 2.48. The molecule has 2 atom stereocenters. The van der Waals surface area contributed by atoms with Crippen molar-refractivity contribution in [3.8, 4) is 0 Å². The van der Waals surface area contributed by atoms with Crippen LogP contribution in [0.5, 0.6) is 0 Å². The van der Waals surface area contributed by atoms with Crippen LogP contribution in [0.15, 0.2) is 18.2 Å². The molecule has 1 heterocycles. The first-order valence-corrected chi connectivity index (χ1v) is 6.68. The van der Waals surface area contributed by atoms with Gasteiger partial charge in [0.25, 0.3) is 0 Å². The van der Waals surface area contributed by atoms with E-state index in [2.05, 4.69) is 17.4 Å². The van der Waals surface area contributed by atoms with Crippen molar-refractivity contribution in [2.24, 2.45) is 5.84 Å². The molecule has 1 aliphatic rings. The molecular formula is C13H19ClFN3O. The molecule has 1 aromatic rings. The molecule has 1 aromatic carbocycles. The molecule has 2 rings (SSSR count). The fourth-order valence-electron chi connectivity index (χ4n) is 2.27. The van der Waals surface area contributed by atoms with Gasteiger partial charge in [-0.1, -0.05) is 17.7 Å². The van der Waals surface area contributed by atoms with Crippen molar-refractivity contribution in [1.29, 1.82) is 0 Å². The maximum Gasteiger partial charge on any atom is 0.141 e. The Morgan fingerprint density at radius 1 is 1.63 bits per heavy atom. The maximum absolute atomic E-state index is 13.1. The Hall–Kier alpha value is -0.720. The van der Waals surface area contributed by atoms with E-state index in [1.165, 1.54) is 6.07 Å².